The highest BCUT2D eigenvalue weighted by Crippen LogP contribution is 2.38. The van der Waals surface area contributed by atoms with Crippen LogP contribution >= 0.6 is 11.8 Å². The Bertz CT molecular complexity index is 1470. The summed E-state index contributed by atoms with van der Waals surface area (Å²) in [7, 11) is 0. The molecular weight excluding hydrogens is 448 g/mol. The van der Waals surface area contributed by atoms with E-state index in [9.17, 15) is 15.3 Å². The summed E-state index contributed by atoms with van der Waals surface area (Å²) in [6.07, 6.45) is 1.92. The van der Waals surface area contributed by atoms with Crippen molar-refractivity contribution in [1.82, 2.24) is 9.97 Å². The van der Waals surface area contributed by atoms with Gasteiger partial charge in [0, 0.05) is 11.1 Å². The molecule has 1 amide bonds. The van der Waals surface area contributed by atoms with Crippen LogP contribution in [-0.2, 0) is 4.79 Å². The monoisotopic (exact) mass is 468 g/mol. The molecule has 9 heteroatoms. The molecule has 3 aromatic heterocycles. The van der Waals surface area contributed by atoms with Crippen molar-refractivity contribution in [2.24, 2.45) is 0 Å². The van der Waals surface area contributed by atoms with E-state index in [2.05, 4.69) is 21.4 Å². The SMILES string of the molecule is CCC(Sc1nc(N)c(C#N)c(-c2ccco2)c1C#N)C(=O)Nc1cc(C)nc2ccccc12. The summed E-state index contributed by atoms with van der Waals surface area (Å²) in [5.41, 5.74) is 8.76. The summed E-state index contributed by atoms with van der Waals surface area (Å²) in [4.78, 5) is 22.1. The van der Waals surface area contributed by atoms with Gasteiger partial charge in [-0.25, -0.2) is 4.98 Å². The van der Waals surface area contributed by atoms with Crippen molar-refractivity contribution in [2.45, 2.75) is 30.5 Å². The minimum Gasteiger partial charge on any atom is -0.464 e. The lowest BCUT2D eigenvalue weighted by Crippen LogP contribution is -2.25. The van der Waals surface area contributed by atoms with Crippen molar-refractivity contribution in [2.75, 3.05) is 11.1 Å². The number of nitrogens with zero attached hydrogens (tertiary/aromatic N) is 4. The number of anilines is 2. The highest BCUT2D eigenvalue weighted by atomic mass is 32.2. The van der Waals surface area contributed by atoms with Gasteiger partial charge < -0.3 is 15.5 Å². The van der Waals surface area contributed by atoms with Crippen molar-refractivity contribution in [1.29, 1.82) is 10.5 Å². The molecule has 0 radical (unpaired) electrons. The van der Waals surface area contributed by atoms with E-state index in [4.69, 9.17) is 10.2 Å². The van der Waals surface area contributed by atoms with Crippen molar-refractivity contribution >= 4 is 40.1 Å². The first-order valence-electron chi connectivity index (χ1n) is 10.5. The summed E-state index contributed by atoms with van der Waals surface area (Å²) in [5.74, 6) is 0.0677. The Morgan fingerprint density at radius 3 is 2.62 bits per heavy atom. The highest BCUT2D eigenvalue weighted by molar-refractivity contribution is 8.00. The Hall–Kier alpha value is -4.34. The molecule has 1 aromatic carbocycles. The number of carbonyl (C=O) groups is 1. The van der Waals surface area contributed by atoms with E-state index < -0.39 is 5.25 Å². The zero-order chi connectivity index (χ0) is 24.2. The summed E-state index contributed by atoms with van der Waals surface area (Å²) in [6.45, 7) is 3.74. The fourth-order valence-electron chi connectivity index (χ4n) is 3.63. The van der Waals surface area contributed by atoms with Gasteiger partial charge in [0.25, 0.3) is 0 Å². The number of rotatable bonds is 6. The number of fused-ring (bicyclic) bond motifs is 1. The average Bonchev–Trinajstić information content (AvgIpc) is 3.36. The number of thioether (sulfide) groups is 1. The minimum atomic E-state index is -0.566. The first kappa shape index (κ1) is 22.8. The van der Waals surface area contributed by atoms with Crippen molar-refractivity contribution < 1.29 is 9.21 Å². The predicted molar refractivity (Wildman–Crippen MR) is 131 cm³/mol. The average molecular weight is 469 g/mol. The molecule has 4 aromatic rings. The number of aromatic nitrogens is 2. The first-order chi connectivity index (χ1) is 16.5. The summed E-state index contributed by atoms with van der Waals surface area (Å²) >= 11 is 1.13. The van der Waals surface area contributed by atoms with Crippen LogP contribution in [0.2, 0.25) is 0 Å². The molecule has 0 aliphatic heterocycles. The second kappa shape index (κ2) is 9.65. The lowest BCUT2D eigenvalue weighted by Gasteiger charge is -2.18. The molecule has 1 unspecified atom stereocenters. The van der Waals surface area contributed by atoms with E-state index in [1.165, 1.54) is 6.26 Å². The molecule has 0 bridgehead atoms. The van der Waals surface area contributed by atoms with Gasteiger partial charge in [-0.15, -0.1) is 0 Å². The van der Waals surface area contributed by atoms with Crippen LogP contribution in [0.15, 0.2) is 58.2 Å². The van der Waals surface area contributed by atoms with E-state index in [0.29, 0.717) is 17.9 Å². The fourth-order valence-corrected chi connectivity index (χ4v) is 4.65. The van der Waals surface area contributed by atoms with Gasteiger partial charge in [0.05, 0.1) is 33.8 Å². The topological polar surface area (TPSA) is 142 Å². The van der Waals surface area contributed by atoms with Crippen LogP contribution < -0.4 is 11.1 Å². The second-order valence-electron chi connectivity index (χ2n) is 7.46. The van der Waals surface area contributed by atoms with Gasteiger partial charge >= 0.3 is 0 Å². The number of carbonyl (C=O) groups excluding carboxylic acids is 1. The number of furan rings is 1. The molecule has 0 aliphatic rings. The van der Waals surface area contributed by atoms with Gasteiger partial charge in [-0.2, -0.15) is 10.5 Å². The molecular formula is C25H20N6O2S. The van der Waals surface area contributed by atoms with Gasteiger partial charge in [-0.05, 0) is 37.6 Å². The van der Waals surface area contributed by atoms with Crippen LogP contribution in [0, 0.1) is 29.6 Å². The molecule has 168 valence electrons. The van der Waals surface area contributed by atoms with E-state index in [-0.39, 0.29) is 33.4 Å². The molecule has 8 nitrogen and oxygen atoms in total. The van der Waals surface area contributed by atoms with Gasteiger partial charge in [0.2, 0.25) is 5.91 Å². The lowest BCUT2D eigenvalue weighted by atomic mass is 10.0. The van der Waals surface area contributed by atoms with Crippen molar-refractivity contribution in [3.63, 3.8) is 0 Å². The van der Waals surface area contributed by atoms with Crippen LogP contribution in [0.5, 0.6) is 0 Å². The van der Waals surface area contributed by atoms with Crippen LogP contribution in [-0.4, -0.2) is 21.1 Å². The first-order valence-corrected chi connectivity index (χ1v) is 11.4. The van der Waals surface area contributed by atoms with E-state index in [1.54, 1.807) is 12.1 Å². The number of nitrogens with two attached hydrogens (primary N) is 1. The third-order valence-electron chi connectivity index (χ3n) is 5.20. The largest absolute Gasteiger partial charge is 0.464 e. The maximum absolute atomic E-state index is 13.3. The normalized spacial score (nSPS) is 11.5. The van der Waals surface area contributed by atoms with Gasteiger partial charge in [-0.3, -0.25) is 9.78 Å². The summed E-state index contributed by atoms with van der Waals surface area (Å²) < 4.78 is 5.44. The fraction of sp³-hybridized carbons (Fsp3) is 0.160. The predicted octanol–water partition coefficient (Wildman–Crippen LogP) is 5.03. The van der Waals surface area contributed by atoms with Crippen LogP contribution in [0.3, 0.4) is 0 Å². The molecule has 3 heterocycles. The second-order valence-corrected chi connectivity index (χ2v) is 8.65. The molecule has 1 atom stereocenters. The molecule has 0 saturated heterocycles. The number of para-hydroxylation sites is 1. The maximum atomic E-state index is 13.3. The van der Waals surface area contributed by atoms with E-state index in [0.717, 1.165) is 28.4 Å². The third kappa shape index (κ3) is 4.29. The van der Waals surface area contributed by atoms with E-state index >= 15 is 0 Å². The Morgan fingerprint density at radius 1 is 1.18 bits per heavy atom. The number of hydrogen-bond acceptors (Lipinski definition) is 8. The number of hydrogen-bond donors (Lipinski definition) is 2. The van der Waals surface area contributed by atoms with Crippen LogP contribution in [0.1, 0.15) is 30.2 Å². The standard InChI is InChI=1S/C25H20N6O2S/c1-3-21(24(32)30-19-11-14(2)29-18-8-5-4-7-15(18)19)34-25-17(13-27)22(20-9-6-10-33-20)16(12-26)23(28)31-25/h4-11,21H,3H2,1-2H3,(H2,28,31)(H,29,30,32). The summed E-state index contributed by atoms with van der Waals surface area (Å²) in [5, 5.41) is 23.1. The Balaban J connectivity index is 1.70. The Labute approximate surface area is 200 Å². The van der Waals surface area contributed by atoms with Crippen molar-refractivity contribution in [3.05, 3.63) is 65.5 Å². The number of nitriles is 2. The number of pyridine rings is 2. The van der Waals surface area contributed by atoms with Crippen molar-refractivity contribution in [3.8, 4) is 23.5 Å². The zero-order valence-corrected chi connectivity index (χ0v) is 19.3. The smallest absolute Gasteiger partial charge is 0.237 e. The number of amides is 1. The molecule has 4 rings (SSSR count). The zero-order valence-electron chi connectivity index (χ0n) is 18.5. The molecule has 0 spiro atoms. The minimum absolute atomic E-state index is 0.0265. The van der Waals surface area contributed by atoms with Crippen LogP contribution in [0.25, 0.3) is 22.2 Å². The number of benzene rings is 1. The number of nitrogens with one attached hydrogen (secondary N) is 1. The quantitative estimate of drug-likeness (QED) is 0.375. The number of aryl methyl sites for hydroxylation is 1. The van der Waals surface area contributed by atoms with Gasteiger partial charge in [0.15, 0.2) is 0 Å². The van der Waals surface area contributed by atoms with Gasteiger partial charge in [-0.1, -0.05) is 36.9 Å². The molecule has 34 heavy (non-hydrogen) atoms. The molecule has 0 aliphatic carbocycles. The molecule has 0 saturated carbocycles. The Morgan fingerprint density at radius 2 is 1.94 bits per heavy atom. The lowest BCUT2D eigenvalue weighted by molar-refractivity contribution is -0.115. The molecule has 3 N–H and O–H groups in total. The highest BCUT2D eigenvalue weighted by Gasteiger charge is 2.26. The third-order valence-corrected chi connectivity index (χ3v) is 6.55. The van der Waals surface area contributed by atoms with Gasteiger partial charge in [0.1, 0.15) is 34.3 Å². The van der Waals surface area contributed by atoms with E-state index in [1.807, 2.05) is 50.2 Å². The summed E-state index contributed by atoms with van der Waals surface area (Å²) in [6, 6.07) is 16.8. The molecule has 0 fully saturated rings. The van der Waals surface area contributed by atoms with Crippen LogP contribution in [0.4, 0.5) is 11.5 Å². The number of nitrogen functional groups attached to an aromatic ring is 1. The Kier molecular flexibility index (Phi) is 6.48. The maximum Gasteiger partial charge on any atom is 0.237 e.